The lowest BCUT2D eigenvalue weighted by atomic mass is 10.2. The molecular formula is C23H20N4O5S2. The third kappa shape index (κ3) is 4.66. The van der Waals surface area contributed by atoms with Crippen LogP contribution in [0.15, 0.2) is 71.9 Å². The average molecular weight is 497 g/mol. The maximum absolute atomic E-state index is 13.6. The molecule has 0 aliphatic carbocycles. The minimum atomic E-state index is -3.57. The van der Waals surface area contributed by atoms with E-state index in [-0.39, 0.29) is 22.7 Å². The van der Waals surface area contributed by atoms with Gasteiger partial charge in [0.1, 0.15) is 0 Å². The van der Waals surface area contributed by atoms with Crippen molar-refractivity contribution in [3.8, 4) is 0 Å². The maximum atomic E-state index is 13.6. The molecule has 34 heavy (non-hydrogen) atoms. The predicted molar refractivity (Wildman–Crippen MR) is 130 cm³/mol. The van der Waals surface area contributed by atoms with E-state index in [1.165, 1.54) is 35.2 Å². The number of anilines is 1. The number of pyridine rings is 1. The SMILES string of the molecule is CC(C)S(=O)(=O)c1cccc(C(=O)N(Cc2ccncc2)c2nc3ccc([N+](=O)[O-])cc3s2)c1. The fourth-order valence-corrected chi connectivity index (χ4v) is 5.36. The number of non-ortho nitro benzene ring substituents is 1. The first kappa shape index (κ1) is 23.5. The van der Waals surface area contributed by atoms with Gasteiger partial charge in [-0.2, -0.15) is 0 Å². The number of fused-ring (bicyclic) bond motifs is 1. The number of amides is 1. The summed E-state index contributed by atoms with van der Waals surface area (Å²) in [6, 6.07) is 13.8. The van der Waals surface area contributed by atoms with Crippen molar-refractivity contribution in [3.63, 3.8) is 0 Å². The van der Waals surface area contributed by atoms with Crippen molar-refractivity contribution in [2.24, 2.45) is 0 Å². The van der Waals surface area contributed by atoms with E-state index >= 15 is 0 Å². The third-order valence-electron chi connectivity index (χ3n) is 5.17. The molecule has 0 fully saturated rings. The number of sulfone groups is 1. The Morgan fingerprint density at radius 2 is 1.85 bits per heavy atom. The molecule has 2 aromatic heterocycles. The van der Waals surface area contributed by atoms with Crippen LogP contribution in [0.3, 0.4) is 0 Å². The van der Waals surface area contributed by atoms with Gasteiger partial charge >= 0.3 is 0 Å². The molecule has 4 aromatic rings. The molecule has 0 saturated carbocycles. The predicted octanol–water partition coefficient (Wildman–Crippen LogP) is 4.63. The number of carbonyl (C=O) groups excluding carboxylic acids is 1. The van der Waals surface area contributed by atoms with Crippen molar-refractivity contribution in [2.75, 3.05) is 4.90 Å². The van der Waals surface area contributed by atoms with E-state index < -0.39 is 25.9 Å². The summed E-state index contributed by atoms with van der Waals surface area (Å²) >= 11 is 1.15. The minimum absolute atomic E-state index is 0.0668. The first-order valence-corrected chi connectivity index (χ1v) is 12.6. The quantitative estimate of drug-likeness (QED) is 0.270. The Hall–Kier alpha value is -3.70. The van der Waals surface area contributed by atoms with E-state index in [0.717, 1.165) is 16.9 Å². The van der Waals surface area contributed by atoms with Gasteiger partial charge in [-0.25, -0.2) is 13.4 Å². The number of aromatic nitrogens is 2. The monoisotopic (exact) mass is 496 g/mol. The van der Waals surface area contributed by atoms with Gasteiger partial charge in [0.15, 0.2) is 15.0 Å². The van der Waals surface area contributed by atoms with Crippen LogP contribution < -0.4 is 4.90 Å². The van der Waals surface area contributed by atoms with E-state index in [1.54, 1.807) is 50.5 Å². The van der Waals surface area contributed by atoms with Crippen LogP contribution in [0.25, 0.3) is 10.2 Å². The van der Waals surface area contributed by atoms with Crippen LogP contribution in [-0.2, 0) is 16.4 Å². The number of hydrogen-bond donors (Lipinski definition) is 0. The Morgan fingerprint density at radius 3 is 2.53 bits per heavy atom. The average Bonchev–Trinajstić information content (AvgIpc) is 3.25. The van der Waals surface area contributed by atoms with E-state index in [0.29, 0.717) is 15.3 Å². The number of thiazole rings is 1. The summed E-state index contributed by atoms with van der Waals surface area (Å²) in [5.41, 5.74) is 1.44. The lowest BCUT2D eigenvalue weighted by Crippen LogP contribution is -2.30. The second kappa shape index (κ2) is 9.27. The molecule has 11 heteroatoms. The first-order chi connectivity index (χ1) is 16.2. The van der Waals surface area contributed by atoms with E-state index in [2.05, 4.69) is 9.97 Å². The Kier molecular flexibility index (Phi) is 6.40. The lowest BCUT2D eigenvalue weighted by Gasteiger charge is -2.20. The molecule has 0 bridgehead atoms. The van der Waals surface area contributed by atoms with Gasteiger partial charge in [0.05, 0.1) is 31.8 Å². The number of carbonyl (C=O) groups is 1. The van der Waals surface area contributed by atoms with Gasteiger partial charge in [0.2, 0.25) is 0 Å². The van der Waals surface area contributed by atoms with E-state index in [4.69, 9.17) is 0 Å². The Labute approximate surface area is 199 Å². The number of rotatable bonds is 7. The third-order valence-corrected chi connectivity index (χ3v) is 8.36. The standard InChI is InChI=1S/C23H20N4O5S2/c1-15(2)34(31,32)19-5-3-4-17(12-19)22(28)26(14-16-8-10-24-11-9-16)23-25-20-7-6-18(27(29)30)13-21(20)33-23/h3-13,15H,14H2,1-2H3. The zero-order chi connectivity index (χ0) is 24.5. The molecule has 9 nitrogen and oxygen atoms in total. The first-order valence-electron chi connectivity index (χ1n) is 10.3. The van der Waals surface area contributed by atoms with Crippen LogP contribution in [0.4, 0.5) is 10.8 Å². The molecule has 174 valence electrons. The van der Waals surface area contributed by atoms with Crippen molar-refractivity contribution < 1.29 is 18.1 Å². The Morgan fingerprint density at radius 1 is 1.12 bits per heavy atom. The van der Waals surface area contributed by atoms with Gasteiger partial charge in [-0.3, -0.25) is 24.8 Å². The Bertz CT molecular complexity index is 1480. The van der Waals surface area contributed by atoms with Gasteiger partial charge in [0, 0.05) is 30.1 Å². The fourth-order valence-electron chi connectivity index (χ4n) is 3.26. The van der Waals surface area contributed by atoms with Crippen LogP contribution in [0.1, 0.15) is 29.8 Å². The second-order valence-corrected chi connectivity index (χ2v) is 11.3. The highest BCUT2D eigenvalue weighted by Crippen LogP contribution is 2.33. The molecule has 0 atom stereocenters. The molecule has 4 rings (SSSR count). The van der Waals surface area contributed by atoms with Crippen molar-refractivity contribution in [1.82, 2.24) is 9.97 Å². The van der Waals surface area contributed by atoms with Crippen molar-refractivity contribution in [3.05, 3.63) is 88.2 Å². The molecule has 0 aliphatic heterocycles. The summed E-state index contributed by atoms with van der Waals surface area (Å²) in [6.45, 7) is 3.32. The molecular weight excluding hydrogens is 476 g/mol. The molecule has 0 N–H and O–H groups in total. The number of hydrogen-bond acceptors (Lipinski definition) is 8. The summed E-state index contributed by atoms with van der Waals surface area (Å²) in [4.78, 5) is 34.3. The van der Waals surface area contributed by atoms with Crippen LogP contribution in [0.5, 0.6) is 0 Å². The van der Waals surface area contributed by atoms with Gasteiger partial charge in [0.25, 0.3) is 11.6 Å². The van der Waals surface area contributed by atoms with Crippen molar-refractivity contribution in [1.29, 1.82) is 0 Å². The van der Waals surface area contributed by atoms with Crippen molar-refractivity contribution in [2.45, 2.75) is 30.5 Å². The molecule has 0 radical (unpaired) electrons. The van der Waals surface area contributed by atoms with Gasteiger partial charge in [-0.05, 0) is 55.8 Å². The van der Waals surface area contributed by atoms with E-state index in [1.807, 2.05) is 0 Å². The highest BCUT2D eigenvalue weighted by Gasteiger charge is 2.25. The maximum Gasteiger partial charge on any atom is 0.270 e. The fraction of sp³-hybridized carbons (Fsp3) is 0.174. The van der Waals surface area contributed by atoms with Gasteiger partial charge in [-0.1, -0.05) is 17.4 Å². The summed E-state index contributed by atoms with van der Waals surface area (Å²) in [6.07, 6.45) is 3.21. The van der Waals surface area contributed by atoms with Crippen LogP contribution in [0, 0.1) is 10.1 Å². The normalized spacial score (nSPS) is 11.6. The molecule has 2 aromatic carbocycles. The number of nitro groups is 1. The number of nitro benzene ring substituents is 1. The van der Waals surface area contributed by atoms with Crippen LogP contribution in [-0.4, -0.2) is 34.5 Å². The summed E-state index contributed by atoms with van der Waals surface area (Å²) in [5, 5.41) is 10.9. The van der Waals surface area contributed by atoms with Crippen molar-refractivity contribution >= 4 is 48.1 Å². The molecule has 0 aliphatic rings. The molecule has 0 spiro atoms. The molecule has 0 unspecified atom stereocenters. The smallest absolute Gasteiger partial charge is 0.270 e. The molecule has 0 saturated heterocycles. The largest absolute Gasteiger partial charge is 0.279 e. The second-order valence-electron chi connectivity index (χ2n) is 7.77. The summed E-state index contributed by atoms with van der Waals surface area (Å²) < 4.78 is 25.9. The van der Waals surface area contributed by atoms with Gasteiger partial charge in [-0.15, -0.1) is 0 Å². The lowest BCUT2D eigenvalue weighted by molar-refractivity contribution is -0.384. The topological polar surface area (TPSA) is 123 Å². The summed E-state index contributed by atoms with van der Waals surface area (Å²) in [7, 11) is -3.57. The van der Waals surface area contributed by atoms with Crippen LogP contribution >= 0.6 is 11.3 Å². The van der Waals surface area contributed by atoms with Crippen LogP contribution in [0.2, 0.25) is 0 Å². The molecule has 1 amide bonds. The zero-order valence-corrected chi connectivity index (χ0v) is 19.9. The number of benzene rings is 2. The highest BCUT2D eigenvalue weighted by atomic mass is 32.2. The Balaban J connectivity index is 1.79. The minimum Gasteiger partial charge on any atom is -0.279 e. The highest BCUT2D eigenvalue weighted by molar-refractivity contribution is 7.92. The summed E-state index contributed by atoms with van der Waals surface area (Å²) in [5.74, 6) is -0.439. The zero-order valence-electron chi connectivity index (χ0n) is 18.3. The molecule has 2 heterocycles. The van der Waals surface area contributed by atoms with Gasteiger partial charge < -0.3 is 0 Å². The van der Waals surface area contributed by atoms with E-state index in [9.17, 15) is 23.3 Å². The number of nitrogens with zero attached hydrogens (tertiary/aromatic N) is 4.